The molecule has 4 heteroatoms. The van der Waals surface area contributed by atoms with Crippen molar-refractivity contribution in [3.05, 3.63) is 29.8 Å². The number of ether oxygens (including phenoxy) is 1. The highest BCUT2D eigenvalue weighted by atomic mass is 16.5. The Kier molecular flexibility index (Phi) is 17.6. The maximum Gasteiger partial charge on any atom is 0.240 e. The van der Waals surface area contributed by atoms with Crippen molar-refractivity contribution in [2.75, 3.05) is 6.61 Å². The summed E-state index contributed by atoms with van der Waals surface area (Å²) >= 11 is 0. The van der Waals surface area contributed by atoms with Crippen LogP contribution in [0.25, 0.3) is 0 Å². The number of benzene rings is 1. The lowest BCUT2D eigenvalue weighted by molar-refractivity contribution is -0.121. The topological polar surface area (TPSA) is 50.7 Å². The van der Waals surface area contributed by atoms with Gasteiger partial charge in [-0.1, -0.05) is 96.8 Å². The monoisotopic (exact) mass is 430 g/mol. The molecule has 0 fully saturated rings. The minimum Gasteiger partial charge on any atom is -0.494 e. The van der Waals surface area contributed by atoms with Gasteiger partial charge in [-0.05, 0) is 43.2 Å². The van der Waals surface area contributed by atoms with Gasteiger partial charge in [0.1, 0.15) is 5.75 Å². The van der Waals surface area contributed by atoms with E-state index in [2.05, 4.69) is 17.5 Å². The molecule has 0 bridgehead atoms. The van der Waals surface area contributed by atoms with E-state index in [0.29, 0.717) is 13.0 Å². The van der Waals surface area contributed by atoms with Crippen molar-refractivity contribution in [3.8, 4) is 5.75 Å². The zero-order valence-corrected chi connectivity index (χ0v) is 20.2. The van der Waals surface area contributed by atoms with Gasteiger partial charge < -0.3 is 4.74 Å². The minimum atomic E-state index is -0.00289. The predicted octanol–water partition coefficient (Wildman–Crippen LogP) is 7.80. The normalized spacial score (nSPS) is 11.2. The van der Waals surface area contributed by atoms with Crippen molar-refractivity contribution < 1.29 is 9.53 Å². The minimum absolute atomic E-state index is 0.00289. The maximum atomic E-state index is 11.9. The van der Waals surface area contributed by atoms with Gasteiger partial charge in [0.25, 0.3) is 0 Å². The van der Waals surface area contributed by atoms with Crippen LogP contribution in [-0.2, 0) is 4.79 Å². The molecule has 0 atom stereocenters. The van der Waals surface area contributed by atoms with Crippen LogP contribution in [0, 0.1) is 0 Å². The van der Waals surface area contributed by atoms with E-state index >= 15 is 0 Å². The summed E-state index contributed by atoms with van der Waals surface area (Å²) in [6.07, 6.45) is 22.2. The molecule has 0 spiro atoms. The fourth-order valence-corrected chi connectivity index (χ4v) is 3.71. The first kappa shape index (κ1) is 27.2. The Labute approximate surface area is 191 Å². The van der Waals surface area contributed by atoms with Gasteiger partial charge in [-0.3, -0.25) is 4.79 Å². The van der Waals surface area contributed by atoms with Crippen molar-refractivity contribution in [1.82, 2.24) is 5.43 Å². The number of rotatable bonds is 20. The second-order valence-corrected chi connectivity index (χ2v) is 8.49. The number of nitrogens with one attached hydrogen (secondary N) is 1. The van der Waals surface area contributed by atoms with E-state index in [1.54, 1.807) is 6.21 Å². The molecule has 0 aromatic heterocycles. The van der Waals surface area contributed by atoms with Crippen LogP contribution >= 0.6 is 0 Å². The lowest BCUT2D eigenvalue weighted by Crippen LogP contribution is -2.16. The quantitative estimate of drug-likeness (QED) is 0.130. The highest BCUT2D eigenvalue weighted by molar-refractivity contribution is 5.82. The first-order valence-corrected chi connectivity index (χ1v) is 12.8. The van der Waals surface area contributed by atoms with E-state index in [1.165, 1.54) is 83.5 Å². The Balaban J connectivity index is 1.88. The van der Waals surface area contributed by atoms with Gasteiger partial charge in [0.2, 0.25) is 5.91 Å². The summed E-state index contributed by atoms with van der Waals surface area (Å²) in [6, 6.07) is 7.66. The molecule has 0 saturated carbocycles. The summed E-state index contributed by atoms with van der Waals surface area (Å²) < 4.78 is 5.41. The lowest BCUT2D eigenvalue weighted by atomic mass is 10.0. The maximum absolute atomic E-state index is 11.9. The average Bonchev–Trinajstić information content (AvgIpc) is 2.78. The molecule has 1 aromatic carbocycles. The Morgan fingerprint density at radius 3 is 1.74 bits per heavy atom. The van der Waals surface area contributed by atoms with Crippen LogP contribution in [0.5, 0.6) is 5.75 Å². The molecule has 4 nitrogen and oxygen atoms in total. The Hall–Kier alpha value is -1.84. The van der Waals surface area contributed by atoms with E-state index in [0.717, 1.165) is 24.2 Å². The van der Waals surface area contributed by atoms with Gasteiger partial charge in [-0.2, -0.15) is 5.10 Å². The zero-order chi connectivity index (χ0) is 22.4. The molecular formula is C27H46N2O2. The van der Waals surface area contributed by atoms with Gasteiger partial charge in [-0.25, -0.2) is 5.43 Å². The Morgan fingerprint density at radius 2 is 1.26 bits per heavy atom. The number of carbonyl (C=O) groups is 1. The van der Waals surface area contributed by atoms with Gasteiger partial charge in [0.15, 0.2) is 0 Å². The number of carbonyl (C=O) groups excluding carboxylic acids is 1. The number of amides is 1. The van der Waals surface area contributed by atoms with E-state index in [1.807, 2.05) is 31.2 Å². The van der Waals surface area contributed by atoms with E-state index in [9.17, 15) is 4.79 Å². The fraction of sp³-hybridized carbons (Fsp3) is 0.704. The lowest BCUT2D eigenvalue weighted by Gasteiger charge is -2.04. The number of hydrazone groups is 1. The molecule has 0 aliphatic carbocycles. The third-order valence-corrected chi connectivity index (χ3v) is 5.60. The standard InChI is InChI=1S/C27H46N2O2/c1-3-5-6-7-8-9-10-11-12-13-14-15-16-17-18-19-27(30)29-28-24-25-20-22-26(23-21-25)31-4-2/h20-24H,3-19H2,1-2H3,(H,29,30)/b28-24-. The van der Waals surface area contributed by atoms with Gasteiger partial charge in [0.05, 0.1) is 12.8 Å². The number of hydrogen-bond acceptors (Lipinski definition) is 3. The van der Waals surface area contributed by atoms with Crippen LogP contribution in [0.3, 0.4) is 0 Å². The molecule has 1 N–H and O–H groups in total. The van der Waals surface area contributed by atoms with Crippen LogP contribution in [0.2, 0.25) is 0 Å². The molecule has 0 radical (unpaired) electrons. The molecule has 0 heterocycles. The van der Waals surface area contributed by atoms with Crippen LogP contribution in [0.1, 0.15) is 122 Å². The molecule has 0 aliphatic heterocycles. The Morgan fingerprint density at radius 1 is 0.774 bits per heavy atom. The first-order valence-electron chi connectivity index (χ1n) is 12.8. The Bertz CT molecular complexity index is 569. The summed E-state index contributed by atoms with van der Waals surface area (Å²) in [7, 11) is 0. The van der Waals surface area contributed by atoms with Crippen molar-refractivity contribution in [2.24, 2.45) is 5.10 Å². The van der Waals surface area contributed by atoms with Crippen LogP contribution in [-0.4, -0.2) is 18.7 Å². The first-order chi connectivity index (χ1) is 15.3. The number of nitrogens with zero attached hydrogens (tertiary/aromatic N) is 1. The van der Waals surface area contributed by atoms with Crippen molar-refractivity contribution in [1.29, 1.82) is 0 Å². The molecule has 0 saturated heterocycles. The molecule has 1 aromatic rings. The van der Waals surface area contributed by atoms with E-state index in [4.69, 9.17) is 4.74 Å². The predicted molar refractivity (Wildman–Crippen MR) is 133 cm³/mol. The molecule has 31 heavy (non-hydrogen) atoms. The summed E-state index contributed by atoms with van der Waals surface area (Å²) in [6.45, 7) is 4.89. The van der Waals surface area contributed by atoms with Gasteiger partial charge in [-0.15, -0.1) is 0 Å². The third kappa shape index (κ3) is 16.5. The molecule has 1 amide bonds. The average molecular weight is 431 g/mol. The van der Waals surface area contributed by atoms with E-state index in [-0.39, 0.29) is 5.91 Å². The van der Waals surface area contributed by atoms with Gasteiger partial charge >= 0.3 is 0 Å². The summed E-state index contributed by atoms with van der Waals surface area (Å²) in [5.41, 5.74) is 3.56. The smallest absolute Gasteiger partial charge is 0.240 e. The highest BCUT2D eigenvalue weighted by Crippen LogP contribution is 2.14. The summed E-state index contributed by atoms with van der Waals surface area (Å²) in [4.78, 5) is 11.9. The van der Waals surface area contributed by atoms with Crippen molar-refractivity contribution >= 4 is 12.1 Å². The van der Waals surface area contributed by atoms with Crippen LogP contribution in [0.15, 0.2) is 29.4 Å². The fourth-order valence-electron chi connectivity index (χ4n) is 3.71. The van der Waals surface area contributed by atoms with E-state index < -0.39 is 0 Å². The van der Waals surface area contributed by atoms with Crippen LogP contribution in [0.4, 0.5) is 0 Å². The molecule has 176 valence electrons. The molecular weight excluding hydrogens is 384 g/mol. The number of hydrogen-bond donors (Lipinski definition) is 1. The second-order valence-electron chi connectivity index (χ2n) is 8.49. The second kappa shape index (κ2) is 20.1. The molecule has 0 unspecified atom stereocenters. The zero-order valence-electron chi connectivity index (χ0n) is 20.2. The third-order valence-electron chi connectivity index (χ3n) is 5.60. The van der Waals surface area contributed by atoms with Crippen molar-refractivity contribution in [2.45, 2.75) is 117 Å². The SMILES string of the molecule is CCCCCCCCCCCCCCCCCC(=O)N/N=C\c1ccc(OCC)cc1. The summed E-state index contributed by atoms with van der Waals surface area (Å²) in [5.74, 6) is 0.841. The highest BCUT2D eigenvalue weighted by Gasteiger charge is 2.00. The number of unbranched alkanes of at least 4 members (excludes halogenated alkanes) is 14. The van der Waals surface area contributed by atoms with Crippen LogP contribution < -0.4 is 10.2 Å². The van der Waals surface area contributed by atoms with Gasteiger partial charge in [0, 0.05) is 6.42 Å². The summed E-state index contributed by atoms with van der Waals surface area (Å²) in [5, 5.41) is 4.04. The molecule has 1 rings (SSSR count). The molecule has 0 aliphatic rings. The largest absolute Gasteiger partial charge is 0.494 e. The van der Waals surface area contributed by atoms with Crippen molar-refractivity contribution in [3.63, 3.8) is 0 Å².